The number of hydrogen-bond donors (Lipinski definition) is 0. The number of thioether (sulfide) groups is 1. The fourth-order valence-corrected chi connectivity index (χ4v) is 4.26. The molecular formula is C22H17FN2OS. The normalized spacial score (nSPS) is 16.7. The lowest BCUT2D eigenvalue weighted by Gasteiger charge is -2.30. The third-order valence-corrected chi connectivity index (χ3v) is 5.48. The number of aliphatic imine (C=N–C) groups is 1. The van der Waals surface area contributed by atoms with Crippen LogP contribution in [0.4, 0.5) is 15.8 Å². The summed E-state index contributed by atoms with van der Waals surface area (Å²) in [6, 6.07) is 26.0. The van der Waals surface area contributed by atoms with E-state index in [1.807, 2.05) is 71.6 Å². The molecule has 3 aromatic carbocycles. The van der Waals surface area contributed by atoms with Gasteiger partial charge in [0.05, 0.1) is 0 Å². The number of halogens is 1. The summed E-state index contributed by atoms with van der Waals surface area (Å²) < 4.78 is 13.7. The van der Waals surface area contributed by atoms with Gasteiger partial charge in [0.15, 0.2) is 5.17 Å². The molecule has 0 aromatic heterocycles. The molecule has 1 heterocycles. The summed E-state index contributed by atoms with van der Waals surface area (Å²) in [4.78, 5) is 18.7. The van der Waals surface area contributed by atoms with E-state index in [1.165, 1.54) is 23.9 Å². The zero-order valence-electron chi connectivity index (χ0n) is 14.5. The van der Waals surface area contributed by atoms with Gasteiger partial charge in [-0.25, -0.2) is 4.39 Å². The number of amides is 1. The molecule has 0 fully saturated rings. The molecule has 0 spiro atoms. The van der Waals surface area contributed by atoms with Gasteiger partial charge >= 0.3 is 0 Å². The Morgan fingerprint density at radius 1 is 0.889 bits per heavy atom. The van der Waals surface area contributed by atoms with Crippen molar-refractivity contribution in [2.45, 2.75) is 11.7 Å². The molecule has 1 atom stereocenters. The van der Waals surface area contributed by atoms with Gasteiger partial charge in [0.1, 0.15) is 5.82 Å². The van der Waals surface area contributed by atoms with E-state index < -0.39 is 0 Å². The number of benzene rings is 3. The highest BCUT2D eigenvalue weighted by molar-refractivity contribution is 8.14. The Kier molecular flexibility index (Phi) is 5.03. The van der Waals surface area contributed by atoms with Crippen molar-refractivity contribution in [1.29, 1.82) is 0 Å². The monoisotopic (exact) mass is 376 g/mol. The number of para-hydroxylation sites is 2. The number of carbonyl (C=O) groups excluding carboxylic acids is 1. The van der Waals surface area contributed by atoms with E-state index in [0.29, 0.717) is 5.17 Å². The molecule has 0 unspecified atom stereocenters. The smallest absolute Gasteiger partial charge is 0.249 e. The zero-order valence-corrected chi connectivity index (χ0v) is 15.3. The first-order chi connectivity index (χ1) is 13.2. The van der Waals surface area contributed by atoms with Gasteiger partial charge in [-0.15, -0.1) is 0 Å². The van der Waals surface area contributed by atoms with Crippen LogP contribution in [0, 0.1) is 5.82 Å². The summed E-state index contributed by atoms with van der Waals surface area (Å²) in [7, 11) is 0. The van der Waals surface area contributed by atoms with Crippen LogP contribution in [0.25, 0.3) is 0 Å². The highest BCUT2D eigenvalue weighted by atomic mass is 32.2. The highest BCUT2D eigenvalue weighted by Crippen LogP contribution is 2.41. The number of nitrogens with zero attached hydrogens (tertiary/aromatic N) is 2. The summed E-state index contributed by atoms with van der Waals surface area (Å²) in [5.74, 6) is -0.498. The van der Waals surface area contributed by atoms with Gasteiger partial charge in [-0.2, -0.15) is 4.99 Å². The van der Waals surface area contributed by atoms with Crippen LogP contribution in [0.2, 0.25) is 0 Å². The molecule has 134 valence electrons. The molecule has 27 heavy (non-hydrogen) atoms. The Morgan fingerprint density at radius 2 is 1.52 bits per heavy atom. The molecular weight excluding hydrogens is 359 g/mol. The van der Waals surface area contributed by atoms with Crippen molar-refractivity contribution in [3.05, 3.63) is 96.3 Å². The predicted octanol–water partition coefficient (Wildman–Crippen LogP) is 5.72. The highest BCUT2D eigenvalue weighted by Gasteiger charge is 2.29. The van der Waals surface area contributed by atoms with Gasteiger partial charge in [0.25, 0.3) is 0 Å². The molecule has 5 heteroatoms. The van der Waals surface area contributed by atoms with Crippen molar-refractivity contribution in [3.8, 4) is 0 Å². The van der Waals surface area contributed by atoms with Crippen molar-refractivity contribution >= 4 is 34.2 Å². The molecule has 1 aliphatic rings. The van der Waals surface area contributed by atoms with Crippen molar-refractivity contribution < 1.29 is 9.18 Å². The van der Waals surface area contributed by atoms with Crippen molar-refractivity contribution in [1.82, 2.24) is 0 Å². The van der Waals surface area contributed by atoms with Gasteiger partial charge < -0.3 is 0 Å². The van der Waals surface area contributed by atoms with Gasteiger partial charge in [-0.1, -0.05) is 60.3 Å². The SMILES string of the molecule is O=C1C[C@H](c2cccc(F)c2)SC(N(c2ccccc2)c2ccccc2)=N1. The number of anilines is 2. The lowest BCUT2D eigenvalue weighted by molar-refractivity contribution is -0.117. The number of carbonyl (C=O) groups is 1. The van der Waals surface area contributed by atoms with E-state index in [1.54, 1.807) is 6.07 Å². The molecule has 0 radical (unpaired) electrons. The predicted molar refractivity (Wildman–Crippen MR) is 109 cm³/mol. The fraction of sp³-hybridized carbons (Fsp3) is 0.0909. The van der Waals surface area contributed by atoms with Crippen molar-refractivity contribution in [2.24, 2.45) is 4.99 Å². The summed E-state index contributed by atoms with van der Waals surface area (Å²) >= 11 is 1.48. The van der Waals surface area contributed by atoms with Gasteiger partial charge in [0.2, 0.25) is 5.91 Å². The summed E-state index contributed by atoms with van der Waals surface area (Å²) in [5, 5.41) is 0.425. The van der Waals surface area contributed by atoms with Gasteiger partial charge in [-0.3, -0.25) is 9.69 Å². The van der Waals surface area contributed by atoms with Crippen molar-refractivity contribution in [2.75, 3.05) is 4.90 Å². The maximum absolute atomic E-state index is 13.7. The molecule has 3 nitrogen and oxygen atoms in total. The maximum Gasteiger partial charge on any atom is 0.249 e. The van der Waals surface area contributed by atoms with E-state index in [9.17, 15) is 9.18 Å². The van der Waals surface area contributed by atoms with Gasteiger partial charge in [-0.05, 0) is 42.0 Å². The molecule has 4 rings (SSSR count). The molecule has 0 bridgehead atoms. The van der Waals surface area contributed by atoms with E-state index in [4.69, 9.17) is 0 Å². The van der Waals surface area contributed by atoms with Crippen LogP contribution in [0.15, 0.2) is 89.9 Å². The average Bonchev–Trinajstić information content (AvgIpc) is 2.69. The molecule has 3 aromatic rings. The number of hydrogen-bond acceptors (Lipinski definition) is 3. The maximum atomic E-state index is 13.7. The topological polar surface area (TPSA) is 32.7 Å². The van der Waals surface area contributed by atoms with Crippen LogP contribution in [0.1, 0.15) is 17.2 Å². The molecule has 0 saturated carbocycles. The minimum absolute atomic E-state index is 0.171. The van der Waals surface area contributed by atoms with Crippen LogP contribution in [-0.4, -0.2) is 11.1 Å². The van der Waals surface area contributed by atoms with E-state index in [2.05, 4.69) is 4.99 Å². The quantitative estimate of drug-likeness (QED) is 0.586. The first-order valence-corrected chi connectivity index (χ1v) is 9.52. The first-order valence-electron chi connectivity index (χ1n) is 8.64. The Balaban J connectivity index is 1.74. The standard InChI is InChI=1S/C22H17FN2OS/c23-17-9-7-8-16(14-17)20-15-21(26)24-22(27-20)25(18-10-3-1-4-11-18)19-12-5-2-6-13-19/h1-14,20H,15H2/t20-/m1/s1. The number of rotatable bonds is 3. The van der Waals surface area contributed by atoms with Crippen LogP contribution in [0.5, 0.6) is 0 Å². The molecule has 1 amide bonds. The van der Waals surface area contributed by atoms with Crippen molar-refractivity contribution in [3.63, 3.8) is 0 Å². The Hall–Kier alpha value is -2.92. The zero-order chi connectivity index (χ0) is 18.6. The first kappa shape index (κ1) is 17.5. The third kappa shape index (κ3) is 3.93. The van der Waals surface area contributed by atoms with E-state index >= 15 is 0 Å². The second-order valence-electron chi connectivity index (χ2n) is 6.16. The molecule has 0 saturated heterocycles. The Bertz CT molecular complexity index is 936. The Morgan fingerprint density at radius 3 is 2.11 bits per heavy atom. The van der Waals surface area contributed by atoms with E-state index in [0.717, 1.165) is 16.9 Å². The molecule has 1 aliphatic heterocycles. The lowest BCUT2D eigenvalue weighted by atomic mass is 10.1. The summed E-state index contributed by atoms with van der Waals surface area (Å²) in [5.41, 5.74) is 2.63. The second kappa shape index (κ2) is 7.76. The largest absolute Gasteiger partial charge is 0.289 e. The fourth-order valence-electron chi connectivity index (χ4n) is 3.03. The van der Waals surface area contributed by atoms with Crippen LogP contribution in [-0.2, 0) is 4.79 Å². The van der Waals surface area contributed by atoms with E-state index in [-0.39, 0.29) is 23.4 Å². The second-order valence-corrected chi connectivity index (χ2v) is 7.33. The van der Waals surface area contributed by atoms with Crippen LogP contribution >= 0.6 is 11.8 Å². The molecule has 0 N–H and O–H groups in total. The van der Waals surface area contributed by atoms with Gasteiger partial charge in [0, 0.05) is 23.0 Å². The lowest BCUT2D eigenvalue weighted by Crippen LogP contribution is -2.28. The average molecular weight is 376 g/mol. The summed E-state index contributed by atoms with van der Waals surface area (Å²) in [6.45, 7) is 0. The molecule has 0 aliphatic carbocycles. The minimum Gasteiger partial charge on any atom is -0.289 e. The minimum atomic E-state index is -0.299. The third-order valence-electron chi connectivity index (χ3n) is 4.27. The van der Waals surface area contributed by atoms with Crippen LogP contribution < -0.4 is 4.90 Å². The van der Waals surface area contributed by atoms with Crippen LogP contribution in [0.3, 0.4) is 0 Å². The number of amidine groups is 1. The Labute approximate surface area is 161 Å². The summed E-state index contributed by atoms with van der Waals surface area (Å²) in [6.07, 6.45) is 0.259.